The van der Waals surface area contributed by atoms with Crippen molar-refractivity contribution in [1.29, 1.82) is 0 Å². The Hall–Kier alpha value is -0.170. The first-order valence-electron chi connectivity index (χ1n) is 5.75. The van der Waals surface area contributed by atoms with Crippen LogP contribution in [-0.4, -0.2) is 47.0 Å². The molecule has 1 rings (SSSR count). The first-order chi connectivity index (χ1) is 7.49. The number of hydrogen-bond acceptors (Lipinski definition) is 4. The van der Waals surface area contributed by atoms with E-state index >= 15 is 0 Å². The average molecular weight is 250 g/mol. The summed E-state index contributed by atoms with van der Waals surface area (Å²) in [6, 6.07) is 0.445. The molecule has 1 saturated heterocycles. The molecule has 0 aliphatic carbocycles. The van der Waals surface area contributed by atoms with Gasteiger partial charge in [0.1, 0.15) is 0 Å². The quantitative estimate of drug-likeness (QED) is 0.621. The van der Waals surface area contributed by atoms with Gasteiger partial charge in [-0.25, -0.2) is 13.1 Å². The van der Waals surface area contributed by atoms with E-state index in [1.54, 1.807) is 0 Å². The molecule has 1 heterocycles. The maximum absolute atomic E-state index is 10.8. The molecule has 1 aliphatic heterocycles. The number of hydrogen-bond donors (Lipinski definition) is 2. The highest BCUT2D eigenvalue weighted by molar-refractivity contribution is 7.88. The minimum absolute atomic E-state index is 0.445. The Kier molecular flexibility index (Phi) is 5.68. The number of nitrogens with one attached hydrogen (secondary N) is 2. The van der Waals surface area contributed by atoms with Crippen molar-refractivity contribution in [3.05, 3.63) is 0 Å². The smallest absolute Gasteiger partial charge is 0.208 e. The predicted octanol–water partition coefficient (Wildman–Crippen LogP) is -0.0597. The zero-order valence-corrected chi connectivity index (χ0v) is 10.8. The van der Waals surface area contributed by atoms with E-state index in [0.29, 0.717) is 18.5 Å². The third-order valence-corrected chi connectivity index (χ3v) is 3.58. The van der Waals surface area contributed by atoms with Crippen LogP contribution in [0.15, 0.2) is 0 Å². The van der Waals surface area contributed by atoms with Gasteiger partial charge < -0.3 is 10.1 Å². The van der Waals surface area contributed by atoms with Crippen LogP contribution in [0.2, 0.25) is 0 Å². The second-order valence-corrected chi connectivity index (χ2v) is 6.22. The van der Waals surface area contributed by atoms with Crippen molar-refractivity contribution < 1.29 is 13.2 Å². The van der Waals surface area contributed by atoms with Gasteiger partial charge in [-0.1, -0.05) is 0 Å². The highest BCUT2D eigenvalue weighted by Crippen LogP contribution is 2.15. The third-order valence-electron chi connectivity index (χ3n) is 2.86. The molecule has 16 heavy (non-hydrogen) atoms. The molecular weight excluding hydrogens is 228 g/mol. The minimum atomic E-state index is -3.04. The van der Waals surface area contributed by atoms with Crippen LogP contribution in [0, 0.1) is 5.92 Å². The van der Waals surface area contributed by atoms with E-state index in [2.05, 4.69) is 17.0 Å². The molecule has 2 atom stereocenters. The summed E-state index contributed by atoms with van der Waals surface area (Å²) in [5.74, 6) is 0.600. The zero-order valence-electron chi connectivity index (χ0n) is 10.0. The Balaban J connectivity index is 2.02. The summed E-state index contributed by atoms with van der Waals surface area (Å²) in [5.41, 5.74) is 0. The predicted molar refractivity (Wildman–Crippen MR) is 63.9 cm³/mol. The van der Waals surface area contributed by atoms with Gasteiger partial charge in [0.15, 0.2) is 0 Å². The van der Waals surface area contributed by atoms with Crippen molar-refractivity contribution in [2.45, 2.75) is 25.8 Å². The summed E-state index contributed by atoms with van der Waals surface area (Å²) in [6.45, 7) is 5.20. The van der Waals surface area contributed by atoms with E-state index in [1.165, 1.54) is 6.26 Å². The molecule has 6 heteroatoms. The molecular formula is C10H22N2O3S. The fourth-order valence-corrected chi connectivity index (χ4v) is 2.30. The largest absolute Gasteiger partial charge is 0.381 e. The van der Waals surface area contributed by atoms with Gasteiger partial charge in [0.2, 0.25) is 10.0 Å². The Morgan fingerprint density at radius 1 is 1.44 bits per heavy atom. The van der Waals surface area contributed by atoms with Crippen LogP contribution in [0.3, 0.4) is 0 Å². The van der Waals surface area contributed by atoms with E-state index in [0.717, 1.165) is 32.6 Å². The van der Waals surface area contributed by atoms with E-state index < -0.39 is 10.0 Å². The lowest BCUT2D eigenvalue weighted by atomic mass is 10.0. The Morgan fingerprint density at radius 2 is 2.19 bits per heavy atom. The van der Waals surface area contributed by atoms with Crippen molar-refractivity contribution in [2.24, 2.45) is 5.92 Å². The zero-order chi connectivity index (χ0) is 12.0. The van der Waals surface area contributed by atoms with Crippen molar-refractivity contribution >= 4 is 10.0 Å². The van der Waals surface area contributed by atoms with E-state index in [-0.39, 0.29) is 0 Å². The van der Waals surface area contributed by atoms with Crippen LogP contribution in [-0.2, 0) is 14.8 Å². The first kappa shape index (κ1) is 13.9. The molecule has 96 valence electrons. The molecule has 0 radical (unpaired) electrons. The molecule has 1 fully saturated rings. The molecule has 2 unspecified atom stereocenters. The molecule has 0 aromatic carbocycles. The number of ether oxygens (including phenoxy) is 1. The second kappa shape index (κ2) is 6.54. The van der Waals surface area contributed by atoms with Crippen LogP contribution in [0.1, 0.15) is 19.8 Å². The van der Waals surface area contributed by atoms with Crippen molar-refractivity contribution in [3.8, 4) is 0 Å². The van der Waals surface area contributed by atoms with Gasteiger partial charge in [-0.3, -0.25) is 0 Å². The maximum atomic E-state index is 10.8. The van der Waals surface area contributed by atoms with E-state index in [1.807, 2.05) is 0 Å². The molecule has 0 amide bonds. The second-order valence-electron chi connectivity index (χ2n) is 4.39. The van der Waals surface area contributed by atoms with Crippen molar-refractivity contribution in [1.82, 2.24) is 10.0 Å². The van der Waals surface area contributed by atoms with E-state index in [9.17, 15) is 8.42 Å². The van der Waals surface area contributed by atoms with Crippen molar-refractivity contribution in [2.75, 3.05) is 32.6 Å². The molecule has 0 bridgehead atoms. The van der Waals surface area contributed by atoms with Crippen LogP contribution in [0.4, 0.5) is 0 Å². The minimum Gasteiger partial charge on any atom is -0.381 e. The maximum Gasteiger partial charge on any atom is 0.208 e. The highest BCUT2D eigenvalue weighted by atomic mass is 32.2. The summed E-state index contributed by atoms with van der Waals surface area (Å²) in [6.07, 6.45) is 3.11. The molecule has 0 spiro atoms. The fraction of sp³-hybridized carbons (Fsp3) is 1.00. The molecule has 0 saturated carbocycles. The Labute approximate surface area is 98.0 Å². The van der Waals surface area contributed by atoms with Crippen molar-refractivity contribution in [3.63, 3.8) is 0 Å². The normalized spacial score (nSPS) is 23.5. The SMILES string of the molecule is CC(NCCCNS(C)(=O)=O)C1CCOC1. The van der Waals surface area contributed by atoms with Crippen LogP contribution in [0.5, 0.6) is 0 Å². The van der Waals surface area contributed by atoms with Gasteiger partial charge in [0, 0.05) is 19.2 Å². The molecule has 0 aromatic heterocycles. The lowest BCUT2D eigenvalue weighted by molar-refractivity contribution is 0.178. The van der Waals surface area contributed by atoms with E-state index in [4.69, 9.17) is 4.74 Å². The summed E-state index contributed by atoms with van der Waals surface area (Å²) >= 11 is 0. The summed E-state index contributed by atoms with van der Waals surface area (Å²) < 4.78 is 29.4. The lowest BCUT2D eigenvalue weighted by Crippen LogP contribution is -2.35. The van der Waals surface area contributed by atoms with Crippen LogP contribution in [0.25, 0.3) is 0 Å². The van der Waals surface area contributed by atoms with Gasteiger partial charge in [0.05, 0.1) is 12.9 Å². The van der Waals surface area contributed by atoms with Gasteiger partial charge >= 0.3 is 0 Å². The van der Waals surface area contributed by atoms with Gasteiger partial charge in [-0.15, -0.1) is 0 Å². The molecule has 1 aliphatic rings. The first-order valence-corrected chi connectivity index (χ1v) is 7.64. The third kappa shape index (κ3) is 5.79. The van der Waals surface area contributed by atoms with Gasteiger partial charge in [-0.2, -0.15) is 0 Å². The molecule has 0 aromatic rings. The fourth-order valence-electron chi connectivity index (χ4n) is 1.79. The lowest BCUT2D eigenvalue weighted by Gasteiger charge is -2.19. The van der Waals surface area contributed by atoms with Crippen LogP contribution < -0.4 is 10.0 Å². The topological polar surface area (TPSA) is 67.4 Å². The molecule has 2 N–H and O–H groups in total. The highest BCUT2D eigenvalue weighted by Gasteiger charge is 2.21. The average Bonchev–Trinajstić information content (AvgIpc) is 2.67. The Morgan fingerprint density at radius 3 is 2.75 bits per heavy atom. The van der Waals surface area contributed by atoms with Gasteiger partial charge in [0.25, 0.3) is 0 Å². The summed E-state index contributed by atoms with van der Waals surface area (Å²) in [4.78, 5) is 0. The number of sulfonamides is 1. The summed E-state index contributed by atoms with van der Waals surface area (Å²) in [7, 11) is -3.04. The van der Waals surface area contributed by atoms with Gasteiger partial charge in [-0.05, 0) is 32.2 Å². The molecule has 5 nitrogen and oxygen atoms in total. The van der Waals surface area contributed by atoms with Crippen LogP contribution >= 0.6 is 0 Å². The standard InChI is InChI=1S/C10H22N2O3S/c1-9(10-4-7-15-8-10)11-5-3-6-12-16(2,13)14/h9-12H,3-8H2,1-2H3. The monoisotopic (exact) mass is 250 g/mol. The Bertz CT molecular complexity index is 286. The summed E-state index contributed by atoms with van der Waals surface area (Å²) in [5, 5.41) is 3.40. The number of rotatable bonds is 7.